The monoisotopic (exact) mass is 151 g/mol. The molecular formula is C9H13NO. The van der Waals surface area contributed by atoms with Crippen molar-refractivity contribution in [2.75, 3.05) is 6.54 Å². The van der Waals surface area contributed by atoms with Gasteiger partial charge in [0.15, 0.2) is 0 Å². The standard InChI is InChI=1S/C9H13NO/c1-3-5-8-6-9(11)10(4-2)7-8/h3-4,8H,1-2,5-7H2. The predicted molar refractivity (Wildman–Crippen MR) is 44.8 cm³/mol. The Hall–Kier alpha value is -1.05. The lowest BCUT2D eigenvalue weighted by Gasteiger charge is -2.08. The molecule has 2 heteroatoms. The van der Waals surface area contributed by atoms with E-state index in [0.29, 0.717) is 12.3 Å². The molecule has 0 spiro atoms. The highest BCUT2D eigenvalue weighted by molar-refractivity contribution is 5.79. The summed E-state index contributed by atoms with van der Waals surface area (Å²) in [5, 5.41) is 0. The van der Waals surface area contributed by atoms with Gasteiger partial charge in [-0.15, -0.1) is 6.58 Å². The van der Waals surface area contributed by atoms with Gasteiger partial charge in [-0.25, -0.2) is 0 Å². The Bertz CT molecular complexity index is 186. The third-order valence-corrected chi connectivity index (χ3v) is 1.96. The molecule has 0 aromatic rings. The first-order chi connectivity index (χ1) is 5.27. The maximum atomic E-state index is 11.1. The molecular weight excluding hydrogens is 138 g/mol. The van der Waals surface area contributed by atoms with Crippen LogP contribution in [0.25, 0.3) is 0 Å². The quantitative estimate of drug-likeness (QED) is 0.560. The van der Waals surface area contributed by atoms with Crippen molar-refractivity contribution in [1.82, 2.24) is 4.90 Å². The first kappa shape index (κ1) is 8.05. The highest BCUT2D eigenvalue weighted by atomic mass is 16.2. The molecule has 0 saturated carbocycles. The maximum absolute atomic E-state index is 11.1. The smallest absolute Gasteiger partial charge is 0.226 e. The number of hydrogen-bond acceptors (Lipinski definition) is 1. The number of nitrogens with zero attached hydrogens (tertiary/aromatic N) is 1. The van der Waals surface area contributed by atoms with Gasteiger partial charge in [0.2, 0.25) is 5.91 Å². The number of amides is 1. The van der Waals surface area contributed by atoms with E-state index in [9.17, 15) is 4.79 Å². The lowest BCUT2D eigenvalue weighted by Crippen LogP contribution is -2.17. The molecule has 0 radical (unpaired) electrons. The zero-order chi connectivity index (χ0) is 8.27. The molecule has 1 fully saturated rings. The second-order valence-corrected chi connectivity index (χ2v) is 2.82. The lowest BCUT2D eigenvalue weighted by atomic mass is 10.1. The van der Waals surface area contributed by atoms with Crippen LogP contribution in [0.5, 0.6) is 0 Å². The van der Waals surface area contributed by atoms with Crippen LogP contribution in [0.2, 0.25) is 0 Å². The number of rotatable bonds is 3. The van der Waals surface area contributed by atoms with Crippen LogP contribution in [0.3, 0.4) is 0 Å². The summed E-state index contributed by atoms with van der Waals surface area (Å²) >= 11 is 0. The van der Waals surface area contributed by atoms with Crippen molar-refractivity contribution in [3.05, 3.63) is 25.4 Å². The molecule has 0 N–H and O–H groups in total. The van der Waals surface area contributed by atoms with Gasteiger partial charge in [-0.2, -0.15) is 0 Å². The molecule has 60 valence electrons. The number of likely N-dealkylation sites (tertiary alicyclic amines) is 1. The van der Waals surface area contributed by atoms with Crippen molar-refractivity contribution in [2.45, 2.75) is 12.8 Å². The second kappa shape index (κ2) is 3.37. The summed E-state index contributed by atoms with van der Waals surface area (Å²) in [7, 11) is 0. The Labute approximate surface area is 67.2 Å². The highest BCUT2D eigenvalue weighted by Crippen LogP contribution is 2.20. The average molecular weight is 151 g/mol. The van der Waals surface area contributed by atoms with Gasteiger partial charge in [-0.3, -0.25) is 4.79 Å². The zero-order valence-electron chi connectivity index (χ0n) is 6.62. The average Bonchev–Trinajstić information content (AvgIpc) is 2.32. The normalized spacial score (nSPS) is 23.8. The van der Waals surface area contributed by atoms with Gasteiger partial charge >= 0.3 is 0 Å². The van der Waals surface area contributed by atoms with E-state index < -0.39 is 0 Å². The molecule has 0 bridgehead atoms. The van der Waals surface area contributed by atoms with E-state index in [2.05, 4.69) is 13.2 Å². The number of hydrogen-bond donors (Lipinski definition) is 0. The SMILES string of the molecule is C=CCC1CC(=O)N(C=C)C1. The van der Waals surface area contributed by atoms with Crippen LogP contribution in [-0.2, 0) is 4.79 Å². The Kier molecular flexibility index (Phi) is 2.47. The fraction of sp³-hybridized carbons (Fsp3) is 0.444. The van der Waals surface area contributed by atoms with Crippen LogP contribution in [0.4, 0.5) is 0 Å². The number of carbonyl (C=O) groups excluding carboxylic acids is 1. The summed E-state index contributed by atoms with van der Waals surface area (Å²) in [5.41, 5.74) is 0. The molecule has 2 nitrogen and oxygen atoms in total. The van der Waals surface area contributed by atoms with Crippen LogP contribution in [0.15, 0.2) is 25.4 Å². The van der Waals surface area contributed by atoms with E-state index >= 15 is 0 Å². The van der Waals surface area contributed by atoms with Gasteiger partial charge in [0.25, 0.3) is 0 Å². The van der Waals surface area contributed by atoms with Crippen molar-refractivity contribution in [3.63, 3.8) is 0 Å². The van der Waals surface area contributed by atoms with Crippen LogP contribution in [0.1, 0.15) is 12.8 Å². The van der Waals surface area contributed by atoms with Gasteiger partial charge in [0.1, 0.15) is 0 Å². The molecule has 1 saturated heterocycles. The fourth-order valence-corrected chi connectivity index (χ4v) is 1.38. The van der Waals surface area contributed by atoms with Crippen LogP contribution >= 0.6 is 0 Å². The Morgan fingerprint density at radius 3 is 2.82 bits per heavy atom. The van der Waals surface area contributed by atoms with Crippen molar-refractivity contribution in [2.24, 2.45) is 5.92 Å². The zero-order valence-corrected chi connectivity index (χ0v) is 6.62. The summed E-state index contributed by atoms with van der Waals surface area (Å²) in [5.74, 6) is 0.643. The summed E-state index contributed by atoms with van der Waals surface area (Å²) in [6, 6.07) is 0. The Morgan fingerprint density at radius 1 is 1.64 bits per heavy atom. The van der Waals surface area contributed by atoms with Crippen molar-refractivity contribution < 1.29 is 4.79 Å². The summed E-state index contributed by atoms with van der Waals surface area (Å²) in [4.78, 5) is 12.8. The van der Waals surface area contributed by atoms with Gasteiger partial charge in [-0.05, 0) is 18.5 Å². The largest absolute Gasteiger partial charge is 0.319 e. The third kappa shape index (κ3) is 1.70. The van der Waals surface area contributed by atoms with Crippen molar-refractivity contribution in [3.8, 4) is 0 Å². The van der Waals surface area contributed by atoms with Gasteiger partial charge in [0.05, 0.1) is 0 Å². The molecule has 0 aromatic heterocycles. The van der Waals surface area contributed by atoms with Gasteiger partial charge in [-0.1, -0.05) is 12.7 Å². The minimum atomic E-state index is 0.187. The third-order valence-electron chi connectivity index (χ3n) is 1.96. The maximum Gasteiger partial charge on any atom is 0.226 e. The summed E-state index contributed by atoms with van der Waals surface area (Å²) in [6.07, 6.45) is 5.05. The first-order valence-corrected chi connectivity index (χ1v) is 3.81. The van der Waals surface area contributed by atoms with Gasteiger partial charge < -0.3 is 4.90 Å². The molecule has 0 aromatic carbocycles. The van der Waals surface area contributed by atoms with E-state index in [1.807, 2.05) is 6.08 Å². The minimum absolute atomic E-state index is 0.187. The molecule has 0 aliphatic carbocycles. The molecule has 1 aliphatic rings. The lowest BCUT2D eigenvalue weighted by molar-refractivity contribution is -0.125. The second-order valence-electron chi connectivity index (χ2n) is 2.82. The van der Waals surface area contributed by atoms with E-state index in [4.69, 9.17) is 0 Å². The fourth-order valence-electron chi connectivity index (χ4n) is 1.38. The molecule has 1 heterocycles. The molecule has 11 heavy (non-hydrogen) atoms. The van der Waals surface area contributed by atoms with Crippen molar-refractivity contribution in [1.29, 1.82) is 0 Å². The van der Waals surface area contributed by atoms with Crippen molar-refractivity contribution >= 4 is 5.91 Å². The van der Waals surface area contributed by atoms with E-state index in [1.165, 1.54) is 0 Å². The summed E-state index contributed by atoms with van der Waals surface area (Å²) < 4.78 is 0. The van der Waals surface area contributed by atoms with E-state index in [0.717, 1.165) is 13.0 Å². The molecule has 1 unspecified atom stereocenters. The minimum Gasteiger partial charge on any atom is -0.319 e. The topological polar surface area (TPSA) is 20.3 Å². The molecule has 1 amide bonds. The summed E-state index contributed by atoms with van der Waals surface area (Å²) in [6.45, 7) is 8.03. The molecule has 1 aliphatic heterocycles. The number of carbonyl (C=O) groups is 1. The molecule has 1 rings (SSSR count). The van der Waals surface area contributed by atoms with Gasteiger partial charge in [0, 0.05) is 13.0 Å². The Morgan fingerprint density at radius 2 is 2.36 bits per heavy atom. The predicted octanol–water partition coefficient (Wildman–Crippen LogP) is 1.55. The van der Waals surface area contributed by atoms with E-state index in [1.54, 1.807) is 11.1 Å². The molecule has 1 atom stereocenters. The van der Waals surface area contributed by atoms with E-state index in [-0.39, 0.29) is 5.91 Å². The van der Waals surface area contributed by atoms with Crippen LogP contribution in [0, 0.1) is 5.92 Å². The van der Waals surface area contributed by atoms with Crippen LogP contribution < -0.4 is 0 Å². The number of allylic oxidation sites excluding steroid dienone is 1. The van der Waals surface area contributed by atoms with Crippen LogP contribution in [-0.4, -0.2) is 17.4 Å². The highest BCUT2D eigenvalue weighted by Gasteiger charge is 2.26. The Balaban J connectivity index is 2.48. The first-order valence-electron chi connectivity index (χ1n) is 3.81.